The lowest BCUT2D eigenvalue weighted by molar-refractivity contribution is -0.129. The van der Waals surface area contributed by atoms with Crippen LogP contribution in [0.4, 0.5) is 13.2 Å². The van der Waals surface area contributed by atoms with Gasteiger partial charge in [0.2, 0.25) is 0 Å². The highest BCUT2D eigenvalue weighted by Crippen LogP contribution is 2.30. The number of rotatable bonds is 3. The average molecular weight is 325 g/mol. The minimum Gasteiger partial charge on any atom is -0.329 e. The molecule has 0 fully saturated rings. The van der Waals surface area contributed by atoms with E-state index >= 15 is 0 Å². The van der Waals surface area contributed by atoms with E-state index in [0.717, 1.165) is 4.88 Å². The molecule has 0 saturated heterocycles. The Morgan fingerprint density at radius 1 is 1.47 bits per heavy atom. The molecule has 2 heterocycles. The third kappa shape index (κ3) is 2.90. The fourth-order valence-electron chi connectivity index (χ4n) is 1.36. The van der Waals surface area contributed by atoms with Crippen molar-refractivity contribution in [2.24, 2.45) is 0 Å². The van der Waals surface area contributed by atoms with E-state index < -0.39 is 11.0 Å². The second-order valence-corrected chi connectivity index (χ2v) is 5.44. The van der Waals surface area contributed by atoms with Crippen LogP contribution < -0.4 is 0 Å². The molecule has 0 saturated carbocycles. The van der Waals surface area contributed by atoms with Gasteiger partial charge in [-0.15, -0.1) is 11.3 Å². The molecule has 2 aromatic rings. The zero-order valence-electron chi connectivity index (χ0n) is 8.49. The predicted octanol–water partition coefficient (Wildman–Crippen LogP) is 3.94. The van der Waals surface area contributed by atoms with Crippen LogP contribution in [0.5, 0.6) is 0 Å². The Labute approximate surface area is 108 Å². The molecule has 0 N–H and O–H groups in total. The molecule has 0 aliphatic rings. The van der Waals surface area contributed by atoms with Crippen LogP contribution in [-0.4, -0.2) is 20.6 Å². The number of thiophene rings is 1. The maximum atomic E-state index is 12.4. The smallest absolute Gasteiger partial charge is 0.329 e. The molecule has 2 aromatic heterocycles. The Morgan fingerprint density at radius 2 is 2.24 bits per heavy atom. The minimum absolute atomic E-state index is 0.184. The van der Waals surface area contributed by atoms with Crippen LogP contribution >= 0.6 is 27.3 Å². The second kappa shape index (κ2) is 4.81. The van der Waals surface area contributed by atoms with Gasteiger partial charge >= 0.3 is 6.18 Å². The SMILES string of the molecule is FC(F)(F)C(Br)Cn1ccnc1-c1cccs1. The van der Waals surface area contributed by atoms with Crippen molar-refractivity contribution in [1.29, 1.82) is 0 Å². The first-order valence-corrected chi connectivity index (χ1v) is 6.54. The van der Waals surface area contributed by atoms with E-state index in [4.69, 9.17) is 0 Å². The Bertz CT molecular complexity index is 478. The highest BCUT2D eigenvalue weighted by Gasteiger charge is 2.38. The molecule has 0 radical (unpaired) electrons. The van der Waals surface area contributed by atoms with Gasteiger partial charge in [-0.3, -0.25) is 0 Å². The molecule has 0 aliphatic carbocycles. The van der Waals surface area contributed by atoms with Gasteiger partial charge in [-0.05, 0) is 11.4 Å². The van der Waals surface area contributed by atoms with Crippen LogP contribution in [0.3, 0.4) is 0 Å². The molecule has 92 valence electrons. The summed E-state index contributed by atoms with van der Waals surface area (Å²) in [6.45, 7) is -0.184. The lowest BCUT2D eigenvalue weighted by Crippen LogP contribution is -2.27. The standard InChI is InChI=1S/C10H8BrF3N2S/c11-8(10(12,13)14)6-16-4-3-15-9(16)7-2-1-5-17-7/h1-5,8H,6H2. The molecule has 1 unspecified atom stereocenters. The van der Waals surface area contributed by atoms with Gasteiger partial charge in [-0.25, -0.2) is 4.98 Å². The van der Waals surface area contributed by atoms with Crippen LogP contribution in [0.25, 0.3) is 10.7 Å². The molecule has 1 atom stereocenters. The number of hydrogen-bond acceptors (Lipinski definition) is 2. The number of aromatic nitrogens is 2. The van der Waals surface area contributed by atoms with E-state index in [9.17, 15) is 13.2 Å². The largest absolute Gasteiger partial charge is 0.402 e. The van der Waals surface area contributed by atoms with E-state index in [0.29, 0.717) is 5.82 Å². The van der Waals surface area contributed by atoms with Gasteiger partial charge in [0.1, 0.15) is 10.7 Å². The summed E-state index contributed by atoms with van der Waals surface area (Å²) in [6.07, 6.45) is -1.20. The van der Waals surface area contributed by atoms with E-state index in [1.165, 1.54) is 22.1 Å². The summed E-state index contributed by atoms with van der Waals surface area (Å²) >= 11 is 4.10. The fraction of sp³-hybridized carbons (Fsp3) is 0.300. The molecule has 0 aliphatic heterocycles. The Kier molecular flexibility index (Phi) is 3.58. The highest BCUT2D eigenvalue weighted by atomic mass is 79.9. The summed E-state index contributed by atoms with van der Waals surface area (Å²) in [4.78, 5) is 3.37. The summed E-state index contributed by atoms with van der Waals surface area (Å²) in [5.41, 5.74) is 0. The summed E-state index contributed by atoms with van der Waals surface area (Å²) < 4.78 is 38.8. The van der Waals surface area contributed by atoms with Crippen LogP contribution in [0.15, 0.2) is 29.9 Å². The monoisotopic (exact) mass is 324 g/mol. The van der Waals surface area contributed by atoms with Crippen LogP contribution in [-0.2, 0) is 6.54 Å². The molecule has 7 heteroatoms. The quantitative estimate of drug-likeness (QED) is 0.782. The van der Waals surface area contributed by atoms with Gasteiger partial charge in [0.05, 0.1) is 4.88 Å². The van der Waals surface area contributed by atoms with Gasteiger partial charge in [0.25, 0.3) is 0 Å². The first kappa shape index (κ1) is 12.6. The second-order valence-electron chi connectivity index (χ2n) is 3.39. The first-order chi connectivity index (χ1) is 7.98. The lowest BCUT2D eigenvalue weighted by Gasteiger charge is -2.15. The van der Waals surface area contributed by atoms with Crippen molar-refractivity contribution in [3.63, 3.8) is 0 Å². The molecule has 2 nitrogen and oxygen atoms in total. The van der Waals surface area contributed by atoms with Crippen molar-refractivity contribution in [2.45, 2.75) is 17.5 Å². The summed E-state index contributed by atoms with van der Waals surface area (Å²) in [7, 11) is 0. The molecule has 0 amide bonds. The minimum atomic E-state index is -4.25. The number of halogens is 4. The van der Waals surface area contributed by atoms with E-state index in [-0.39, 0.29) is 6.54 Å². The van der Waals surface area contributed by atoms with Gasteiger partial charge in [-0.2, -0.15) is 13.2 Å². The summed E-state index contributed by atoms with van der Waals surface area (Å²) in [5, 5.41) is 1.86. The molecule has 2 rings (SSSR count). The molecular formula is C10H8BrF3N2S. The van der Waals surface area contributed by atoms with E-state index in [1.54, 1.807) is 6.20 Å². The maximum Gasteiger partial charge on any atom is 0.402 e. The average Bonchev–Trinajstić information content (AvgIpc) is 2.83. The molecule has 17 heavy (non-hydrogen) atoms. The summed E-state index contributed by atoms with van der Waals surface area (Å²) in [5.74, 6) is 0.564. The summed E-state index contributed by atoms with van der Waals surface area (Å²) in [6, 6.07) is 3.68. The first-order valence-electron chi connectivity index (χ1n) is 4.74. The maximum absolute atomic E-state index is 12.4. The predicted molar refractivity (Wildman–Crippen MR) is 64.3 cm³/mol. The van der Waals surface area contributed by atoms with Crippen molar-refractivity contribution in [3.8, 4) is 10.7 Å². The van der Waals surface area contributed by atoms with Crippen molar-refractivity contribution in [1.82, 2.24) is 9.55 Å². The van der Waals surface area contributed by atoms with Gasteiger partial charge in [0, 0.05) is 18.9 Å². The van der Waals surface area contributed by atoms with Gasteiger partial charge in [0.15, 0.2) is 0 Å². The van der Waals surface area contributed by atoms with Crippen LogP contribution in [0, 0.1) is 0 Å². The Morgan fingerprint density at radius 3 is 2.82 bits per heavy atom. The zero-order chi connectivity index (χ0) is 12.5. The molecule has 0 bridgehead atoms. The third-order valence-electron chi connectivity index (χ3n) is 2.17. The normalized spacial score (nSPS) is 13.9. The molecular weight excluding hydrogens is 317 g/mol. The number of nitrogens with zero attached hydrogens (tertiary/aromatic N) is 2. The molecule has 0 spiro atoms. The van der Waals surface area contributed by atoms with Crippen molar-refractivity contribution in [3.05, 3.63) is 29.9 Å². The molecule has 0 aromatic carbocycles. The van der Waals surface area contributed by atoms with Crippen molar-refractivity contribution >= 4 is 27.3 Å². The van der Waals surface area contributed by atoms with Crippen molar-refractivity contribution < 1.29 is 13.2 Å². The van der Waals surface area contributed by atoms with Gasteiger partial charge in [-0.1, -0.05) is 22.0 Å². The number of alkyl halides is 4. The Hall–Kier alpha value is -0.820. The van der Waals surface area contributed by atoms with Crippen molar-refractivity contribution in [2.75, 3.05) is 0 Å². The van der Waals surface area contributed by atoms with E-state index in [1.807, 2.05) is 17.5 Å². The number of hydrogen-bond donors (Lipinski definition) is 0. The van der Waals surface area contributed by atoms with Crippen LogP contribution in [0.1, 0.15) is 0 Å². The topological polar surface area (TPSA) is 17.8 Å². The lowest BCUT2D eigenvalue weighted by atomic mass is 10.4. The third-order valence-corrected chi connectivity index (χ3v) is 3.84. The fourth-order valence-corrected chi connectivity index (χ4v) is 2.41. The number of imidazole rings is 1. The Balaban J connectivity index is 2.21. The van der Waals surface area contributed by atoms with Crippen LogP contribution in [0.2, 0.25) is 0 Å². The highest BCUT2D eigenvalue weighted by molar-refractivity contribution is 9.09. The van der Waals surface area contributed by atoms with Gasteiger partial charge < -0.3 is 4.57 Å². The van der Waals surface area contributed by atoms with E-state index in [2.05, 4.69) is 20.9 Å². The zero-order valence-corrected chi connectivity index (χ0v) is 10.9.